The van der Waals surface area contributed by atoms with Crippen molar-refractivity contribution in [1.29, 1.82) is 0 Å². The highest BCUT2D eigenvalue weighted by molar-refractivity contribution is 8.00. The second kappa shape index (κ2) is 4.19. The standard InChI is InChI=1S/C13H17NO2S/c1-13(2)16-10-7-9(3-4-12(10)17-13)11-8-14-5-6-15-11/h3-4,7,11,14H,5-6,8H2,1-2H3. The first kappa shape index (κ1) is 11.4. The fraction of sp³-hybridized carbons (Fsp3) is 0.538. The van der Waals surface area contributed by atoms with Gasteiger partial charge in [0.25, 0.3) is 0 Å². The Morgan fingerprint density at radius 3 is 3.06 bits per heavy atom. The quantitative estimate of drug-likeness (QED) is 0.831. The van der Waals surface area contributed by atoms with Gasteiger partial charge in [-0.2, -0.15) is 0 Å². The zero-order valence-corrected chi connectivity index (χ0v) is 11.0. The number of nitrogens with one attached hydrogen (secondary N) is 1. The maximum atomic E-state index is 5.91. The van der Waals surface area contributed by atoms with Crippen molar-refractivity contribution < 1.29 is 9.47 Å². The van der Waals surface area contributed by atoms with Crippen molar-refractivity contribution in [2.75, 3.05) is 19.7 Å². The molecule has 0 saturated carbocycles. The minimum absolute atomic E-state index is 0.146. The van der Waals surface area contributed by atoms with E-state index in [1.165, 1.54) is 10.5 Å². The van der Waals surface area contributed by atoms with E-state index in [4.69, 9.17) is 9.47 Å². The lowest BCUT2D eigenvalue weighted by molar-refractivity contribution is 0.0274. The van der Waals surface area contributed by atoms with Crippen LogP contribution in [0.15, 0.2) is 23.1 Å². The molecular weight excluding hydrogens is 234 g/mol. The van der Waals surface area contributed by atoms with Crippen LogP contribution in [-0.2, 0) is 4.74 Å². The van der Waals surface area contributed by atoms with E-state index >= 15 is 0 Å². The summed E-state index contributed by atoms with van der Waals surface area (Å²) in [5, 5.41) is 3.35. The van der Waals surface area contributed by atoms with Crippen LogP contribution < -0.4 is 10.1 Å². The third-order valence-electron chi connectivity index (χ3n) is 2.98. The maximum Gasteiger partial charge on any atom is 0.153 e. The number of morpholine rings is 1. The molecule has 0 amide bonds. The Labute approximate surface area is 106 Å². The van der Waals surface area contributed by atoms with Gasteiger partial charge in [-0.1, -0.05) is 17.8 Å². The van der Waals surface area contributed by atoms with E-state index in [0.29, 0.717) is 0 Å². The fourth-order valence-corrected chi connectivity index (χ4v) is 3.22. The Morgan fingerprint density at radius 2 is 2.29 bits per heavy atom. The number of rotatable bonds is 1. The lowest BCUT2D eigenvalue weighted by Crippen LogP contribution is -2.33. The molecule has 92 valence electrons. The molecule has 0 aromatic heterocycles. The minimum atomic E-state index is -0.146. The molecule has 0 spiro atoms. The van der Waals surface area contributed by atoms with E-state index in [1.807, 2.05) is 0 Å². The van der Waals surface area contributed by atoms with Crippen LogP contribution in [0.1, 0.15) is 25.5 Å². The summed E-state index contributed by atoms with van der Waals surface area (Å²) in [7, 11) is 0. The molecular formula is C13H17NO2S. The van der Waals surface area contributed by atoms with Gasteiger partial charge in [0.05, 0.1) is 17.6 Å². The Bertz CT molecular complexity index is 427. The largest absolute Gasteiger partial charge is 0.476 e. The van der Waals surface area contributed by atoms with E-state index in [2.05, 4.69) is 37.4 Å². The van der Waals surface area contributed by atoms with Gasteiger partial charge in [0.1, 0.15) is 5.75 Å². The van der Waals surface area contributed by atoms with E-state index in [0.717, 1.165) is 25.4 Å². The van der Waals surface area contributed by atoms with Crippen LogP contribution in [0, 0.1) is 0 Å². The first-order chi connectivity index (χ1) is 8.14. The van der Waals surface area contributed by atoms with Crippen LogP contribution >= 0.6 is 11.8 Å². The summed E-state index contributed by atoms with van der Waals surface area (Å²) in [6.45, 7) is 6.80. The van der Waals surface area contributed by atoms with Crippen molar-refractivity contribution in [2.45, 2.75) is 29.8 Å². The van der Waals surface area contributed by atoms with Gasteiger partial charge < -0.3 is 14.8 Å². The normalized spacial score (nSPS) is 26.4. The van der Waals surface area contributed by atoms with Crippen LogP contribution in [0.4, 0.5) is 0 Å². The number of hydrogen-bond donors (Lipinski definition) is 1. The average molecular weight is 251 g/mol. The molecule has 3 nitrogen and oxygen atoms in total. The summed E-state index contributed by atoms with van der Waals surface area (Å²) in [6, 6.07) is 6.41. The zero-order chi connectivity index (χ0) is 11.9. The molecule has 1 saturated heterocycles. The molecule has 0 radical (unpaired) electrons. The van der Waals surface area contributed by atoms with Gasteiger partial charge in [0.2, 0.25) is 0 Å². The van der Waals surface area contributed by atoms with Gasteiger partial charge in [-0.15, -0.1) is 0 Å². The van der Waals surface area contributed by atoms with Gasteiger partial charge >= 0.3 is 0 Å². The van der Waals surface area contributed by atoms with Crippen molar-refractivity contribution >= 4 is 11.8 Å². The van der Waals surface area contributed by atoms with Crippen LogP contribution in [0.25, 0.3) is 0 Å². The monoisotopic (exact) mass is 251 g/mol. The first-order valence-corrected chi connectivity index (χ1v) is 6.80. The van der Waals surface area contributed by atoms with E-state index < -0.39 is 0 Å². The molecule has 3 rings (SSSR count). The third kappa shape index (κ3) is 2.30. The molecule has 0 aliphatic carbocycles. The molecule has 1 aromatic carbocycles. The molecule has 1 atom stereocenters. The highest BCUT2D eigenvalue weighted by atomic mass is 32.2. The summed E-state index contributed by atoms with van der Waals surface area (Å²) in [6.07, 6.45) is 0.159. The molecule has 4 heteroatoms. The Balaban J connectivity index is 1.85. The predicted molar refractivity (Wildman–Crippen MR) is 68.6 cm³/mol. The van der Waals surface area contributed by atoms with Crippen molar-refractivity contribution in [3.8, 4) is 5.75 Å². The van der Waals surface area contributed by atoms with Crippen LogP contribution in [0.2, 0.25) is 0 Å². The zero-order valence-electron chi connectivity index (χ0n) is 10.2. The Kier molecular flexibility index (Phi) is 2.81. The second-order valence-corrected chi connectivity index (χ2v) is 6.50. The molecule has 1 N–H and O–H groups in total. The van der Waals surface area contributed by atoms with Gasteiger partial charge in [-0.25, -0.2) is 0 Å². The molecule has 0 bridgehead atoms. The van der Waals surface area contributed by atoms with Crippen LogP contribution in [0.3, 0.4) is 0 Å². The lowest BCUT2D eigenvalue weighted by atomic mass is 10.1. The topological polar surface area (TPSA) is 30.5 Å². The van der Waals surface area contributed by atoms with E-state index in [9.17, 15) is 0 Å². The number of fused-ring (bicyclic) bond motifs is 1. The predicted octanol–water partition coefficient (Wildman–Crippen LogP) is 2.57. The van der Waals surface area contributed by atoms with Crippen molar-refractivity contribution in [1.82, 2.24) is 5.32 Å². The second-order valence-electron chi connectivity index (χ2n) is 4.87. The van der Waals surface area contributed by atoms with Gasteiger partial charge in [-0.05, 0) is 31.5 Å². The summed E-state index contributed by atoms with van der Waals surface area (Å²) >= 11 is 1.77. The van der Waals surface area contributed by atoms with Crippen LogP contribution in [0.5, 0.6) is 5.75 Å². The molecule has 1 aromatic rings. The lowest BCUT2D eigenvalue weighted by Gasteiger charge is -2.24. The van der Waals surface area contributed by atoms with E-state index in [1.54, 1.807) is 11.8 Å². The minimum Gasteiger partial charge on any atom is -0.476 e. The van der Waals surface area contributed by atoms with E-state index in [-0.39, 0.29) is 11.0 Å². The summed E-state index contributed by atoms with van der Waals surface area (Å²) in [4.78, 5) is 1.08. The molecule has 1 unspecified atom stereocenters. The Hall–Kier alpha value is -0.710. The smallest absolute Gasteiger partial charge is 0.153 e. The van der Waals surface area contributed by atoms with Crippen molar-refractivity contribution in [3.63, 3.8) is 0 Å². The van der Waals surface area contributed by atoms with Gasteiger partial charge in [0.15, 0.2) is 4.93 Å². The molecule has 17 heavy (non-hydrogen) atoms. The Morgan fingerprint density at radius 1 is 1.41 bits per heavy atom. The maximum absolute atomic E-state index is 5.91. The SMILES string of the molecule is CC1(C)Oc2cc(C3CNCCO3)ccc2S1. The summed E-state index contributed by atoms with van der Waals surface area (Å²) < 4.78 is 11.7. The van der Waals surface area contributed by atoms with Crippen LogP contribution in [-0.4, -0.2) is 24.6 Å². The van der Waals surface area contributed by atoms with Crippen molar-refractivity contribution in [3.05, 3.63) is 23.8 Å². The molecule has 2 heterocycles. The summed E-state index contributed by atoms with van der Waals surface area (Å²) in [5.41, 5.74) is 1.20. The summed E-state index contributed by atoms with van der Waals surface area (Å²) in [5.74, 6) is 0.992. The van der Waals surface area contributed by atoms with Gasteiger partial charge in [-0.3, -0.25) is 0 Å². The first-order valence-electron chi connectivity index (χ1n) is 5.98. The van der Waals surface area contributed by atoms with Crippen molar-refractivity contribution in [2.24, 2.45) is 0 Å². The molecule has 1 fully saturated rings. The highest BCUT2D eigenvalue weighted by Gasteiger charge is 2.31. The number of ether oxygens (including phenoxy) is 2. The molecule has 2 aliphatic heterocycles. The molecule has 2 aliphatic rings. The number of hydrogen-bond acceptors (Lipinski definition) is 4. The number of benzene rings is 1. The fourth-order valence-electron chi connectivity index (χ4n) is 2.22. The number of thioether (sulfide) groups is 1. The highest BCUT2D eigenvalue weighted by Crippen LogP contribution is 2.47. The van der Waals surface area contributed by atoms with Gasteiger partial charge in [0, 0.05) is 13.1 Å². The average Bonchev–Trinajstić information content (AvgIpc) is 2.63. The third-order valence-corrected chi connectivity index (χ3v) is 4.11.